The van der Waals surface area contributed by atoms with Gasteiger partial charge in [0.25, 0.3) is 5.78 Å². The summed E-state index contributed by atoms with van der Waals surface area (Å²) in [6, 6.07) is 22.2. The quantitative estimate of drug-likeness (QED) is 0.0930. The number of ketones is 1. The van der Waals surface area contributed by atoms with Gasteiger partial charge in [-0.2, -0.15) is 0 Å². The summed E-state index contributed by atoms with van der Waals surface area (Å²) in [6.07, 6.45) is 6.55. The Hall–Kier alpha value is -3.84. The molecule has 0 aliphatic heterocycles. The Morgan fingerprint density at radius 1 is 0.898 bits per heavy atom. The van der Waals surface area contributed by atoms with Crippen molar-refractivity contribution in [3.05, 3.63) is 84.4 Å². The molecular formula is C41H43IrN2O4S-. The van der Waals surface area contributed by atoms with Crippen molar-refractivity contribution in [2.45, 2.75) is 79.6 Å². The van der Waals surface area contributed by atoms with Crippen LogP contribution >= 0.6 is 11.3 Å². The summed E-state index contributed by atoms with van der Waals surface area (Å²) in [5.74, 6) is 1.09. The third-order valence-corrected chi connectivity index (χ3v) is 10.5. The van der Waals surface area contributed by atoms with Crippen molar-refractivity contribution < 1.29 is 38.8 Å². The molecule has 49 heavy (non-hydrogen) atoms. The molecule has 8 heteroatoms. The minimum atomic E-state index is -0.121. The van der Waals surface area contributed by atoms with Gasteiger partial charge in [-0.15, -0.1) is 28.5 Å². The number of para-hydroxylation sites is 1. The summed E-state index contributed by atoms with van der Waals surface area (Å²) in [7, 11) is 0. The summed E-state index contributed by atoms with van der Waals surface area (Å²) in [6.45, 7) is 14.7. The van der Waals surface area contributed by atoms with Crippen molar-refractivity contribution in [1.29, 1.82) is 0 Å². The first-order valence-electron chi connectivity index (χ1n) is 17.0. The largest absolute Gasteiger partial charge is 0.512 e. The first kappa shape index (κ1) is 36.4. The number of allylic oxidation sites excluding steroid dienone is 2. The number of furan rings is 2. The molecule has 0 saturated carbocycles. The van der Waals surface area contributed by atoms with Gasteiger partial charge in [0.1, 0.15) is 11.9 Å². The number of fused-ring (bicyclic) bond motifs is 8. The first-order chi connectivity index (χ1) is 23.1. The molecule has 0 fully saturated rings. The number of benzene rings is 3. The molecule has 1 N–H and O–H groups in total. The number of carbonyl (C=O) groups is 1. The first-order valence-corrected chi connectivity index (χ1v) is 17.8. The molecule has 0 saturated heterocycles. The zero-order chi connectivity index (χ0) is 34.2. The number of aliphatic hydroxyl groups excluding tert-OH is 1. The van der Waals surface area contributed by atoms with Gasteiger partial charge in [-0.1, -0.05) is 90.9 Å². The van der Waals surface area contributed by atoms with Gasteiger partial charge in [0.2, 0.25) is 0 Å². The fourth-order valence-electron chi connectivity index (χ4n) is 6.52. The molecule has 0 unspecified atom stereocenters. The van der Waals surface area contributed by atoms with E-state index < -0.39 is 0 Å². The molecule has 0 atom stereocenters. The second kappa shape index (κ2) is 15.0. The van der Waals surface area contributed by atoms with E-state index in [1.54, 1.807) is 17.7 Å². The molecule has 0 amide bonds. The van der Waals surface area contributed by atoms with Crippen molar-refractivity contribution in [1.82, 2.24) is 9.97 Å². The Bertz CT molecular complexity index is 2280. The predicted octanol–water partition coefficient (Wildman–Crippen LogP) is 12.1. The maximum atomic E-state index is 11.7. The summed E-state index contributed by atoms with van der Waals surface area (Å²) in [5, 5.41) is 14.1. The van der Waals surface area contributed by atoms with E-state index >= 15 is 0 Å². The molecule has 0 spiro atoms. The van der Waals surface area contributed by atoms with E-state index in [1.807, 2.05) is 52.0 Å². The SMILES string of the molecule is CC(C)(C)c1cc(-c2ncnc3c2sc2ccccc23)[c-]c2oc3oc4ccccc4c3c12.CCC(CC)C(=O)/C=C(\O)C(CC)CC.[Ir]. The van der Waals surface area contributed by atoms with E-state index in [4.69, 9.17) is 13.8 Å². The Morgan fingerprint density at radius 2 is 1.55 bits per heavy atom. The van der Waals surface area contributed by atoms with Crippen LogP contribution < -0.4 is 0 Å². The van der Waals surface area contributed by atoms with Gasteiger partial charge in [-0.05, 0) is 48.6 Å². The molecule has 3 aromatic carbocycles. The average molecular weight is 852 g/mol. The number of aliphatic hydroxyl groups is 1. The second-order valence-corrected chi connectivity index (χ2v) is 14.5. The van der Waals surface area contributed by atoms with Crippen molar-refractivity contribution in [3.8, 4) is 11.3 Å². The van der Waals surface area contributed by atoms with E-state index in [9.17, 15) is 9.90 Å². The maximum absolute atomic E-state index is 11.7. The van der Waals surface area contributed by atoms with Gasteiger partial charge in [-0.25, -0.2) is 4.98 Å². The molecule has 4 heterocycles. The minimum Gasteiger partial charge on any atom is -0.512 e. The predicted molar refractivity (Wildman–Crippen MR) is 199 cm³/mol. The van der Waals surface area contributed by atoms with Crippen molar-refractivity contribution in [3.63, 3.8) is 0 Å². The summed E-state index contributed by atoms with van der Waals surface area (Å²) < 4.78 is 14.6. The van der Waals surface area contributed by atoms with Gasteiger partial charge in [0.05, 0.1) is 16.9 Å². The van der Waals surface area contributed by atoms with E-state index in [0.29, 0.717) is 11.4 Å². The Kier molecular flexibility index (Phi) is 11.1. The zero-order valence-electron chi connectivity index (χ0n) is 29.1. The third kappa shape index (κ3) is 6.96. The average Bonchev–Trinajstić information content (AvgIpc) is 3.74. The molecule has 7 aromatic rings. The number of hydrogen-bond donors (Lipinski definition) is 1. The Morgan fingerprint density at radius 3 is 2.22 bits per heavy atom. The van der Waals surface area contributed by atoms with Crippen LogP contribution in [0, 0.1) is 17.9 Å². The van der Waals surface area contributed by atoms with Crippen molar-refractivity contribution >= 4 is 70.5 Å². The van der Waals surface area contributed by atoms with E-state index in [2.05, 4.69) is 62.2 Å². The van der Waals surface area contributed by atoms with Crippen LogP contribution in [0.15, 0.2) is 81.6 Å². The minimum absolute atomic E-state index is 0. The van der Waals surface area contributed by atoms with Crippen molar-refractivity contribution in [2.24, 2.45) is 11.8 Å². The summed E-state index contributed by atoms with van der Waals surface area (Å²) in [4.78, 5) is 21.0. The van der Waals surface area contributed by atoms with Gasteiger partial charge in [0.15, 0.2) is 5.78 Å². The van der Waals surface area contributed by atoms with Crippen LogP contribution in [0.3, 0.4) is 0 Å². The Balaban J connectivity index is 0.000000252. The number of nitrogens with zero attached hydrogens (tertiary/aromatic N) is 2. The summed E-state index contributed by atoms with van der Waals surface area (Å²) >= 11 is 1.72. The number of thiophene rings is 1. The molecule has 6 nitrogen and oxygen atoms in total. The second-order valence-electron chi connectivity index (χ2n) is 13.4. The molecule has 0 aliphatic carbocycles. The van der Waals surface area contributed by atoms with Gasteiger partial charge in [0, 0.05) is 69.3 Å². The van der Waals surface area contributed by atoms with Crippen molar-refractivity contribution in [2.75, 3.05) is 0 Å². The van der Waals surface area contributed by atoms with Crippen LogP contribution in [0.2, 0.25) is 0 Å². The van der Waals surface area contributed by atoms with Crippen LogP contribution in [-0.4, -0.2) is 20.9 Å². The number of hydrogen-bond acceptors (Lipinski definition) is 7. The van der Waals surface area contributed by atoms with Crippen LogP contribution in [-0.2, 0) is 30.3 Å². The normalized spacial score (nSPS) is 12.4. The number of carbonyl (C=O) groups excluding carboxylic acids is 1. The Labute approximate surface area is 305 Å². The van der Waals surface area contributed by atoms with Crippen LogP contribution in [0.1, 0.15) is 79.7 Å². The number of aromatic nitrogens is 2. The topological polar surface area (TPSA) is 89.4 Å². The van der Waals surface area contributed by atoms with Gasteiger partial charge < -0.3 is 13.9 Å². The van der Waals surface area contributed by atoms with Crippen LogP contribution in [0.25, 0.3) is 64.7 Å². The van der Waals surface area contributed by atoms with Gasteiger partial charge >= 0.3 is 0 Å². The molecule has 257 valence electrons. The van der Waals surface area contributed by atoms with Crippen LogP contribution in [0.4, 0.5) is 0 Å². The van der Waals surface area contributed by atoms with Crippen LogP contribution in [0.5, 0.6) is 0 Å². The number of rotatable bonds is 8. The smallest absolute Gasteiger partial charge is 0.288 e. The van der Waals surface area contributed by atoms with E-state index in [1.165, 1.54) is 16.3 Å². The molecular weight excluding hydrogens is 809 g/mol. The molecule has 0 aliphatic rings. The summed E-state index contributed by atoms with van der Waals surface area (Å²) in [5.41, 5.74) is 5.36. The molecule has 1 radical (unpaired) electrons. The fourth-order valence-corrected chi connectivity index (χ4v) is 7.68. The molecule has 0 bridgehead atoms. The molecule has 7 rings (SSSR count). The maximum Gasteiger partial charge on any atom is 0.288 e. The van der Waals surface area contributed by atoms with E-state index in [-0.39, 0.29) is 48.9 Å². The monoisotopic (exact) mass is 852 g/mol. The van der Waals surface area contributed by atoms with Gasteiger partial charge in [-0.3, -0.25) is 9.78 Å². The fraction of sp³-hybridized carbons (Fsp3) is 0.341. The van der Waals surface area contributed by atoms with E-state index in [0.717, 1.165) is 74.3 Å². The zero-order valence-corrected chi connectivity index (χ0v) is 32.4. The third-order valence-electron chi connectivity index (χ3n) is 9.34. The molecule has 4 aromatic heterocycles. The standard InChI is InChI=1S/C28H19N2O2S.C13H24O2.Ir/c1-28(2,3)18-12-15(24-26-25(30-14-29-24)17-9-5-7-11-21(17)33-26)13-20-23(18)22-16-8-4-6-10-19(16)31-27(22)32-20;1-5-10(6-2)12(14)9-13(15)11(7-3)8-4;/h4-12,14H,1-3H3;9-11,14H,5-8H2,1-4H3;/q-1;;/b;12-9-;.